The number of hydrogen-bond donors (Lipinski definition) is 1. The molecule has 6 heteroatoms. The molecule has 1 N–H and O–H groups in total. The lowest BCUT2D eigenvalue weighted by atomic mass is 10.1. The van der Waals surface area contributed by atoms with Gasteiger partial charge in [-0.15, -0.1) is 0 Å². The molecule has 0 unspecified atom stereocenters. The molecular weight excluding hydrogens is 286 g/mol. The van der Waals surface area contributed by atoms with Gasteiger partial charge in [0.2, 0.25) is 0 Å². The van der Waals surface area contributed by atoms with E-state index in [4.69, 9.17) is 4.52 Å². The lowest BCUT2D eigenvalue weighted by Gasteiger charge is -2.02. The van der Waals surface area contributed by atoms with Gasteiger partial charge in [-0.25, -0.2) is 0 Å². The third-order valence-corrected chi connectivity index (χ3v) is 3.04. The number of aromatic nitrogens is 2. The van der Waals surface area contributed by atoms with E-state index in [0.717, 1.165) is 10.0 Å². The molecule has 1 amide bonds. The van der Waals surface area contributed by atoms with Crippen molar-refractivity contribution in [3.05, 3.63) is 39.6 Å². The van der Waals surface area contributed by atoms with Crippen molar-refractivity contribution >= 4 is 27.9 Å². The highest BCUT2D eigenvalue weighted by atomic mass is 79.9. The average Bonchev–Trinajstić information content (AvgIpc) is 2.68. The van der Waals surface area contributed by atoms with E-state index in [1.54, 1.807) is 19.1 Å². The van der Waals surface area contributed by atoms with E-state index < -0.39 is 0 Å². The van der Waals surface area contributed by atoms with Crippen LogP contribution in [0.15, 0.2) is 27.2 Å². The Morgan fingerprint density at radius 3 is 2.76 bits per heavy atom. The first-order chi connectivity index (χ1) is 8.06. The van der Waals surface area contributed by atoms with Gasteiger partial charge in [-0.1, -0.05) is 27.2 Å². The summed E-state index contributed by atoms with van der Waals surface area (Å²) in [6, 6.07) is 5.44. The SMILES string of the molecule is Cc1noc(NC(=O)c2ccc(C)c(Br)c2)n1. The number of amides is 1. The van der Waals surface area contributed by atoms with Crippen LogP contribution in [0.3, 0.4) is 0 Å². The van der Waals surface area contributed by atoms with Crippen LogP contribution in [0.2, 0.25) is 0 Å². The summed E-state index contributed by atoms with van der Waals surface area (Å²) >= 11 is 3.37. The zero-order valence-corrected chi connectivity index (χ0v) is 10.9. The predicted molar refractivity (Wildman–Crippen MR) is 65.9 cm³/mol. The van der Waals surface area contributed by atoms with Crippen LogP contribution >= 0.6 is 15.9 Å². The van der Waals surface area contributed by atoms with Gasteiger partial charge in [0.1, 0.15) is 0 Å². The van der Waals surface area contributed by atoms with E-state index in [0.29, 0.717) is 11.4 Å². The van der Waals surface area contributed by atoms with E-state index in [2.05, 4.69) is 31.4 Å². The van der Waals surface area contributed by atoms with Gasteiger partial charge in [0, 0.05) is 10.0 Å². The van der Waals surface area contributed by atoms with Crippen LogP contribution in [-0.2, 0) is 0 Å². The molecule has 2 rings (SSSR count). The van der Waals surface area contributed by atoms with E-state index in [9.17, 15) is 4.79 Å². The second-order valence-corrected chi connectivity index (χ2v) is 4.42. The molecule has 0 bridgehead atoms. The van der Waals surface area contributed by atoms with Crippen LogP contribution in [0.5, 0.6) is 0 Å². The van der Waals surface area contributed by atoms with Gasteiger partial charge < -0.3 is 4.52 Å². The van der Waals surface area contributed by atoms with E-state index >= 15 is 0 Å². The Bertz CT molecular complexity index is 566. The molecule has 1 aromatic carbocycles. The Balaban J connectivity index is 2.17. The van der Waals surface area contributed by atoms with Crippen molar-refractivity contribution in [3.8, 4) is 0 Å². The molecule has 17 heavy (non-hydrogen) atoms. The molecule has 1 aromatic heterocycles. The molecule has 0 fully saturated rings. The van der Waals surface area contributed by atoms with Gasteiger partial charge in [0.05, 0.1) is 0 Å². The fourth-order valence-corrected chi connectivity index (χ4v) is 1.63. The molecule has 88 valence electrons. The van der Waals surface area contributed by atoms with Crippen LogP contribution in [0.25, 0.3) is 0 Å². The highest BCUT2D eigenvalue weighted by Crippen LogP contribution is 2.18. The first kappa shape index (κ1) is 11.8. The van der Waals surface area contributed by atoms with Crippen LogP contribution < -0.4 is 5.32 Å². The molecule has 0 aliphatic carbocycles. The number of nitrogens with zero attached hydrogens (tertiary/aromatic N) is 2. The molecular formula is C11H10BrN3O2. The quantitative estimate of drug-likeness (QED) is 0.925. The van der Waals surface area contributed by atoms with Crippen LogP contribution in [0.1, 0.15) is 21.7 Å². The maximum Gasteiger partial charge on any atom is 0.328 e. The molecule has 0 saturated carbocycles. The second kappa shape index (κ2) is 4.67. The highest BCUT2D eigenvalue weighted by Gasteiger charge is 2.11. The van der Waals surface area contributed by atoms with Crippen molar-refractivity contribution < 1.29 is 9.32 Å². The second-order valence-electron chi connectivity index (χ2n) is 3.56. The van der Waals surface area contributed by atoms with Gasteiger partial charge in [-0.2, -0.15) is 4.98 Å². The van der Waals surface area contributed by atoms with E-state index in [-0.39, 0.29) is 11.9 Å². The molecule has 1 heterocycles. The largest absolute Gasteiger partial charge is 0.328 e. The molecule has 5 nitrogen and oxygen atoms in total. The van der Waals surface area contributed by atoms with E-state index in [1.807, 2.05) is 13.0 Å². The third-order valence-electron chi connectivity index (χ3n) is 2.18. The molecule has 0 aliphatic rings. The summed E-state index contributed by atoms with van der Waals surface area (Å²) < 4.78 is 5.69. The molecule has 2 aromatic rings. The summed E-state index contributed by atoms with van der Waals surface area (Å²) in [4.78, 5) is 15.7. The number of benzene rings is 1. The number of halogens is 1. The van der Waals surface area contributed by atoms with Crippen molar-refractivity contribution in [1.82, 2.24) is 10.1 Å². The number of anilines is 1. The summed E-state index contributed by atoms with van der Waals surface area (Å²) in [5.41, 5.74) is 1.59. The van der Waals surface area contributed by atoms with Crippen molar-refractivity contribution in [2.75, 3.05) is 5.32 Å². The zero-order chi connectivity index (χ0) is 12.4. The number of hydrogen-bond acceptors (Lipinski definition) is 4. The molecule has 0 saturated heterocycles. The number of aryl methyl sites for hydroxylation is 2. The van der Waals surface area contributed by atoms with Gasteiger partial charge in [0.25, 0.3) is 5.91 Å². The van der Waals surface area contributed by atoms with Crippen molar-refractivity contribution in [3.63, 3.8) is 0 Å². The molecule has 0 atom stereocenters. The number of carbonyl (C=O) groups is 1. The van der Waals surface area contributed by atoms with Crippen molar-refractivity contribution in [2.24, 2.45) is 0 Å². The van der Waals surface area contributed by atoms with E-state index in [1.165, 1.54) is 0 Å². The van der Waals surface area contributed by atoms with Crippen LogP contribution in [-0.4, -0.2) is 16.0 Å². The summed E-state index contributed by atoms with van der Waals surface area (Å²) in [6.45, 7) is 3.63. The first-order valence-electron chi connectivity index (χ1n) is 4.94. The maximum atomic E-state index is 11.8. The Kier molecular flexibility index (Phi) is 3.23. The number of carbonyl (C=O) groups excluding carboxylic acids is 1. The summed E-state index contributed by atoms with van der Waals surface area (Å²) in [7, 11) is 0. The lowest BCUT2D eigenvalue weighted by Crippen LogP contribution is -2.12. The normalized spacial score (nSPS) is 10.3. The van der Waals surface area contributed by atoms with Gasteiger partial charge >= 0.3 is 6.01 Å². The Hall–Kier alpha value is -1.69. The number of nitrogens with one attached hydrogen (secondary N) is 1. The zero-order valence-electron chi connectivity index (χ0n) is 9.32. The first-order valence-corrected chi connectivity index (χ1v) is 5.73. The minimum absolute atomic E-state index is 0.101. The fourth-order valence-electron chi connectivity index (χ4n) is 1.25. The summed E-state index contributed by atoms with van der Waals surface area (Å²) in [5.74, 6) is 0.194. The topological polar surface area (TPSA) is 68.0 Å². The van der Waals surface area contributed by atoms with Crippen molar-refractivity contribution in [2.45, 2.75) is 13.8 Å². The standard InChI is InChI=1S/C11H10BrN3O2/c1-6-3-4-8(5-9(6)12)10(16)14-11-13-7(2)15-17-11/h3-5H,1-2H3,(H,13,14,15,16). The van der Waals surface area contributed by atoms with Crippen molar-refractivity contribution in [1.29, 1.82) is 0 Å². The summed E-state index contributed by atoms with van der Waals surface area (Å²) in [6.07, 6.45) is 0. The minimum Gasteiger partial charge on any atom is -0.315 e. The van der Waals surface area contributed by atoms with Gasteiger partial charge in [-0.05, 0) is 31.5 Å². The predicted octanol–water partition coefficient (Wildman–Crippen LogP) is 2.70. The lowest BCUT2D eigenvalue weighted by molar-refractivity contribution is 0.102. The van der Waals surface area contributed by atoms with Gasteiger partial charge in [-0.3, -0.25) is 10.1 Å². The monoisotopic (exact) mass is 295 g/mol. The molecule has 0 spiro atoms. The Labute approximate surface area is 106 Å². The Morgan fingerprint density at radius 1 is 1.41 bits per heavy atom. The third kappa shape index (κ3) is 2.71. The van der Waals surface area contributed by atoms with Crippen LogP contribution in [0, 0.1) is 13.8 Å². The minimum atomic E-state index is -0.283. The summed E-state index contributed by atoms with van der Waals surface area (Å²) in [5, 5.41) is 6.11. The molecule has 0 aliphatic heterocycles. The fraction of sp³-hybridized carbons (Fsp3) is 0.182. The van der Waals surface area contributed by atoms with Crippen LogP contribution in [0.4, 0.5) is 6.01 Å². The van der Waals surface area contributed by atoms with Gasteiger partial charge in [0.15, 0.2) is 5.82 Å². The number of rotatable bonds is 2. The average molecular weight is 296 g/mol. The smallest absolute Gasteiger partial charge is 0.315 e. The maximum absolute atomic E-state index is 11.8. The highest BCUT2D eigenvalue weighted by molar-refractivity contribution is 9.10. The Morgan fingerprint density at radius 2 is 2.18 bits per heavy atom. The molecule has 0 radical (unpaired) electrons.